The predicted molar refractivity (Wildman–Crippen MR) is 113 cm³/mol. The number of fused-ring (bicyclic) bond motifs is 3. The number of carboxylic acid groups (broad SMARTS) is 1. The van der Waals surface area contributed by atoms with E-state index in [0.717, 1.165) is 27.4 Å². The number of H-pyrrole nitrogens is 1. The number of carbonyl (C=O) groups is 2. The number of primary amides is 1. The number of aromatic amines is 1. The molecule has 1 amide bonds. The van der Waals surface area contributed by atoms with Gasteiger partial charge in [0, 0.05) is 16.3 Å². The zero-order valence-electron chi connectivity index (χ0n) is 16.1. The van der Waals surface area contributed by atoms with E-state index >= 15 is 0 Å². The van der Waals surface area contributed by atoms with Gasteiger partial charge >= 0.3 is 5.97 Å². The Morgan fingerprint density at radius 3 is 2.39 bits per heavy atom. The molecule has 5 aromatic rings. The van der Waals surface area contributed by atoms with Gasteiger partial charge in [-0.2, -0.15) is 5.21 Å². The fourth-order valence-electron chi connectivity index (χ4n) is 3.95. The number of aromatic carboxylic acids is 1. The Morgan fingerprint density at radius 2 is 1.71 bits per heavy atom. The van der Waals surface area contributed by atoms with Gasteiger partial charge in [0.25, 0.3) is 0 Å². The quantitative estimate of drug-likeness (QED) is 0.405. The Kier molecular flexibility index (Phi) is 4.21. The first-order valence-electron chi connectivity index (χ1n) is 9.43. The van der Waals surface area contributed by atoms with Crippen molar-refractivity contribution in [3.05, 3.63) is 77.9 Å². The Labute approximate surface area is 175 Å². The number of nitrogens with zero attached hydrogens (tertiary/aromatic N) is 4. The van der Waals surface area contributed by atoms with E-state index in [2.05, 4.69) is 20.6 Å². The second-order valence-electron chi connectivity index (χ2n) is 7.09. The lowest BCUT2D eigenvalue weighted by Gasteiger charge is -2.19. The molecule has 0 aliphatic heterocycles. The molecule has 9 nitrogen and oxygen atoms in total. The molecule has 0 radical (unpaired) electrons. The molecule has 5 rings (SSSR count). The first-order chi connectivity index (χ1) is 15.0. The Balaban J connectivity index is 1.77. The number of benzene rings is 3. The molecule has 2 heterocycles. The van der Waals surface area contributed by atoms with E-state index in [4.69, 9.17) is 5.73 Å². The van der Waals surface area contributed by atoms with Crippen LogP contribution in [0.3, 0.4) is 0 Å². The maximum absolute atomic E-state index is 12.6. The van der Waals surface area contributed by atoms with Crippen LogP contribution >= 0.6 is 0 Å². The van der Waals surface area contributed by atoms with Crippen molar-refractivity contribution in [3.8, 4) is 11.4 Å². The van der Waals surface area contributed by atoms with E-state index < -0.39 is 17.9 Å². The third kappa shape index (κ3) is 2.99. The number of carbonyl (C=O) groups excluding carboxylic acids is 1. The number of rotatable bonds is 5. The first-order valence-corrected chi connectivity index (χ1v) is 9.43. The molecule has 9 heteroatoms. The highest BCUT2D eigenvalue weighted by atomic mass is 16.4. The maximum Gasteiger partial charge on any atom is 0.335 e. The average molecular weight is 412 g/mol. The fourth-order valence-corrected chi connectivity index (χ4v) is 3.95. The Bertz CT molecular complexity index is 1440. The average Bonchev–Trinajstić information content (AvgIpc) is 3.41. The lowest BCUT2D eigenvalue weighted by Crippen LogP contribution is -2.27. The van der Waals surface area contributed by atoms with Gasteiger partial charge in [0.2, 0.25) is 11.7 Å². The summed E-state index contributed by atoms with van der Waals surface area (Å²) < 4.78 is 1.88. The van der Waals surface area contributed by atoms with Gasteiger partial charge < -0.3 is 15.4 Å². The molecule has 0 saturated carbocycles. The van der Waals surface area contributed by atoms with Crippen LogP contribution in [0, 0.1) is 0 Å². The number of carboxylic acids is 1. The van der Waals surface area contributed by atoms with Crippen molar-refractivity contribution in [1.82, 2.24) is 25.2 Å². The molecule has 4 N–H and O–H groups in total. The number of hydrogen-bond donors (Lipinski definition) is 3. The van der Waals surface area contributed by atoms with Crippen LogP contribution in [0.25, 0.3) is 33.2 Å². The van der Waals surface area contributed by atoms with Gasteiger partial charge in [-0.25, -0.2) is 4.79 Å². The Hall–Kier alpha value is -4.53. The van der Waals surface area contributed by atoms with E-state index in [0.29, 0.717) is 11.4 Å². The van der Waals surface area contributed by atoms with Crippen molar-refractivity contribution in [3.63, 3.8) is 0 Å². The summed E-state index contributed by atoms with van der Waals surface area (Å²) in [6.45, 7) is 0. The molecule has 0 spiro atoms. The van der Waals surface area contributed by atoms with Crippen LogP contribution in [-0.4, -0.2) is 42.2 Å². The van der Waals surface area contributed by atoms with Crippen molar-refractivity contribution in [2.75, 3.05) is 0 Å². The van der Waals surface area contributed by atoms with Crippen molar-refractivity contribution in [2.45, 2.75) is 6.04 Å². The van der Waals surface area contributed by atoms with Gasteiger partial charge in [-0.3, -0.25) is 4.79 Å². The zero-order valence-corrected chi connectivity index (χ0v) is 16.1. The van der Waals surface area contributed by atoms with E-state index in [-0.39, 0.29) is 5.56 Å². The fraction of sp³-hybridized carbons (Fsp3) is 0.0455. The number of nitrogens with two attached hydrogens (primary N) is 1. The second-order valence-corrected chi connectivity index (χ2v) is 7.09. The molecule has 2 aromatic heterocycles. The molecule has 31 heavy (non-hydrogen) atoms. The molecule has 0 aliphatic carbocycles. The van der Waals surface area contributed by atoms with Gasteiger partial charge in [0.1, 0.15) is 6.04 Å². The van der Waals surface area contributed by atoms with Gasteiger partial charge in [-0.15, -0.1) is 10.2 Å². The maximum atomic E-state index is 12.6. The standard InChI is InChI=1S/C22H16N6O3/c23-20(29)19(12-5-7-13(8-6-12)22(30)31)28-17-4-2-1-3-15(17)16-11-14(9-10-18(16)28)21-24-26-27-25-21/h1-11,19H,(H2,23,29)(H,30,31)(H,24,25,26,27). The highest BCUT2D eigenvalue weighted by molar-refractivity contribution is 6.10. The minimum absolute atomic E-state index is 0.138. The summed E-state index contributed by atoms with van der Waals surface area (Å²) in [5.41, 5.74) is 8.99. The molecule has 0 fully saturated rings. The number of aromatic nitrogens is 5. The van der Waals surface area contributed by atoms with Crippen LogP contribution in [0.2, 0.25) is 0 Å². The molecule has 0 saturated heterocycles. The van der Waals surface area contributed by atoms with Crippen molar-refractivity contribution in [2.24, 2.45) is 5.73 Å². The molecule has 152 valence electrons. The van der Waals surface area contributed by atoms with Gasteiger partial charge in [0.05, 0.1) is 16.6 Å². The summed E-state index contributed by atoms with van der Waals surface area (Å²) >= 11 is 0. The third-order valence-corrected chi connectivity index (χ3v) is 5.31. The van der Waals surface area contributed by atoms with E-state index in [1.54, 1.807) is 12.1 Å². The van der Waals surface area contributed by atoms with Crippen LogP contribution in [0.5, 0.6) is 0 Å². The predicted octanol–water partition coefficient (Wildman–Crippen LogP) is 2.75. The topological polar surface area (TPSA) is 140 Å². The number of tetrazole rings is 1. The van der Waals surface area contributed by atoms with Crippen molar-refractivity contribution < 1.29 is 14.7 Å². The summed E-state index contributed by atoms with van der Waals surface area (Å²) in [6, 6.07) is 18.8. The van der Waals surface area contributed by atoms with Gasteiger partial charge in [-0.05, 0) is 47.2 Å². The lowest BCUT2D eigenvalue weighted by molar-refractivity contribution is -0.119. The molecule has 1 atom stereocenters. The first kappa shape index (κ1) is 18.5. The number of hydrogen-bond acceptors (Lipinski definition) is 5. The van der Waals surface area contributed by atoms with E-state index in [1.165, 1.54) is 12.1 Å². The van der Waals surface area contributed by atoms with Crippen LogP contribution in [-0.2, 0) is 4.79 Å². The van der Waals surface area contributed by atoms with E-state index in [1.807, 2.05) is 47.0 Å². The second kappa shape index (κ2) is 7.06. The van der Waals surface area contributed by atoms with Gasteiger partial charge in [-0.1, -0.05) is 30.3 Å². The molecule has 1 unspecified atom stereocenters. The number of amides is 1. The smallest absolute Gasteiger partial charge is 0.335 e. The highest BCUT2D eigenvalue weighted by Gasteiger charge is 2.25. The van der Waals surface area contributed by atoms with Crippen LogP contribution < -0.4 is 5.73 Å². The van der Waals surface area contributed by atoms with Crippen LogP contribution in [0.1, 0.15) is 22.0 Å². The molecule has 3 aromatic carbocycles. The number of nitrogens with one attached hydrogen (secondary N) is 1. The Morgan fingerprint density at radius 1 is 0.968 bits per heavy atom. The number of para-hydroxylation sites is 1. The minimum Gasteiger partial charge on any atom is -0.478 e. The molecule has 0 bridgehead atoms. The summed E-state index contributed by atoms with van der Waals surface area (Å²) in [5.74, 6) is -1.12. The highest BCUT2D eigenvalue weighted by Crippen LogP contribution is 2.36. The van der Waals surface area contributed by atoms with Gasteiger partial charge in [0.15, 0.2) is 0 Å². The summed E-state index contributed by atoms with van der Waals surface area (Å²) in [6.07, 6.45) is 0. The summed E-state index contributed by atoms with van der Waals surface area (Å²) in [7, 11) is 0. The van der Waals surface area contributed by atoms with E-state index in [9.17, 15) is 14.7 Å². The van der Waals surface area contributed by atoms with Crippen molar-refractivity contribution >= 4 is 33.7 Å². The minimum atomic E-state index is -1.03. The van der Waals surface area contributed by atoms with Crippen LogP contribution in [0.15, 0.2) is 66.7 Å². The monoisotopic (exact) mass is 412 g/mol. The summed E-state index contributed by atoms with van der Waals surface area (Å²) in [4.78, 5) is 23.8. The third-order valence-electron chi connectivity index (χ3n) is 5.31. The molecule has 0 aliphatic rings. The molecular formula is C22H16N6O3. The largest absolute Gasteiger partial charge is 0.478 e. The SMILES string of the molecule is NC(=O)C(c1ccc(C(=O)O)cc1)n1c2ccccc2c2cc(-c3nn[nH]n3)ccc21. The normalized spacial score (nSPS) is 12.3. The zero-order chi connectivity index (χ0) is 21.5. The van der Waals surface area contributed by atoms with Crippen molar-refractivity contribution in [1.29, 1.82) is 0 Å². The summed E-state index contributed by atoms with van der Waals surface area (Å²) in [5, 5.41) is 25.2. The lowest BCUT2D eigenvalue weighted by atomic mass is 10.0. The molecular weight excluding hydrogens is 396 g/mol. The van der Waals surface area contributed by atoms with Crippen LogP contribution in [0.4, 0.5) is 0 Å².